The molecule has 186 valence electrons. The number of rotatable bonds is 9. The Balaban J connectivity index is 2.05. The lowest BCUT2D eigenvalue weighted by Crippen LogP contribution is -2.54. The number of carboxylic acid groups (broad SMARTS) is 1. The molecule has 0 radical (unpaired) electrons. The Morgan fingerprint density at radius 2 is 1.94 bits per heavy atom. The molecule has 0 spiro atoms. The number of amides is 2. The number of nitrogens with zero attached hydrogens (tertiary/aromatic N) is 1. The van der Waals surface area contributed by atoms with Crippen molar-refractivity contribution in [3.8, 4) is 11.5 Å². The summed E-state index contributed by atoms with van der Waals surface area (Å²) in [4.78, 5) is 49.9. The molecule has 2 amide bonds. The summed E-state index contributed by atoms with van der Waals surface area (Å²) in [5.41, 5.74) is 0.920. The number of esters is 1. The molecular formula is C25H22N2O8S. The molecule has 1 saturated heterocycles. The molecule has 1 fully saturated rings. The number of ether oxygens (including phenoxy) is 3. The summed E-state index contributed by atoms with van der Waals surface area (Å²) in [7, 11) is 2.64. The average molecular weight is 511 g/mol. The lowest BCUT2D eigenvalue weighted by molar-refractivity contribution is -0.143. The van der Waals surface area contributed by atoms with E-state index >= 15 is 0 Å². The van der Waals surface area contributed by atoms with E-state index in [1.165, 1.54) is 50.6 Å². The lowest BCUT2D eigenvalue weighted by atomic mass is 10.0. The van der Waals surface area contributed by atoms with E-state index in [9.17, 15) is 24.3 Å². The molecule has 0 aliphatic carbocycles. The molecular weight excluding hydrogens is 488 g/mol. The molecule has 3 rings (SSSR count). The second-order valence-electron chi connectivity index (χ2n) is 7.38. The monoisotopic (exact) mass is 510 g/mol. The van der Waals surface area contributed by atoms with Crippen molar-refractivity contribution in [3.05, 3.63) is 71.3 Å². The summed E-state index contributed by atoms with van der Waals surface area (Å²) in [6, 6.07) is 8.82. The average Bonchev–Trinajstić information content (AvgIpc) is 2.85. The summed E-state index contributed by atoms with van der Waals surface area (Å²) in [6.45, 7) is 3.37. The molecule has 0 bridgehead atoms. The highest BCUT2D eigenvalue weighted by atomic mass is 32.1. The van der Waals surface area contributed by atoms with Gasteiger partial charge in [-0.15, -0.1) is 6.58 Å². The summed E-state index contributed by atoms with van der Waals surface area (Å²) in [5, 5.41) is 11.6. The van der Waals surface area contributed by atoms with Crippen LogP contribution >= 0.6 is 12.2 Å². The van der Waals surface area contributed by atoms with Crippen LogP contribution in [0.3, 0.4) is 0 Å². The number of thiocarbonyl (C=S) groups is 1. The van der Waals surface area contributed by atoms with Crippen LogP contribution in [-0.2, 0) is 25.5 Å². The van der Waals surface area contributed by atoms with Crippen molar-refractivity contribution >= 4 is 52.8 Å². The number of hydrogen-bond donors (Lipinski definition) is 2. The molecule has 0 aromatic heterocycles. The first-order valence-electron chi connectivity index (χ1n) is 10.5. The fraction of sp³-hybridized carbons (Fsp3) is 0.160. The lowest BCUT2D eigenvalue weighted by Gasteiger charge is -2.29. The van der Waals surface area contributed by atoms with Gasteiger partial charge in [0.2, 0.25) is 0 Å². The molecule has 1 heterocycles. The maximum absolute atomic E-state index is 13.3. The quantitative estimate of drug-likeness (QED) is 0.172. The smallest absolute Gasteiger partial charge is 0.343 e. The van der Waals surface area contributed by atoms with E-state index in [0.717, 1.165) is 4.90 Å². The molecule has 2 N–H and O–H groups in total. The predicted molar refractivity (Wildman–Crippen MR) is 134 cm³/mol. The Bertz CT molecular complexity index is 1300. The molecule has 36 heavy (non-hydrogen) atoms. The van der Waals surface area contributed by atoms with Crippen LogP contribution in [-0.4, -0.2) is 54.8 Å². The van der Waals surface area contributed by atoms with Gasteiger partial charge >= 0.3 is 11.9 Å². The van der Waals surface area contributed by atoms with E-state index in [-0.39, 0.29) is 40.0 Å². The highest BCUT2D eigenvalue weighted by Gasteiger charge is 2.35. The summed E-state index contributed by atoms with van der Waals surface area (Å²) in [5.74, 6) is -2.66. The van der Waals surface area contributed by atoms with Crippen LogP contribution < -0.4 is 19.7 Å². The van der Waals surface area contributed by atoms with Gasteiger partial charge in [0.1, 0.15) is 5.57 Å². The normalized spacial score (nSPS) is 14.3. The molecule has 0 atom stereocenters. The summed E-state index contributed by atoms with van der Waals surface area (Å²) < 4.78 is 15.6. The second-order valence-corrected chi connectivity index (χ2v) is 7.77. The van der Waals surface area contributed by atoms with Crippen molar-refractivity contribution in [1.29, 1.82) is 0 Å². The number of nitrogens with one attached hydrogen (secondary N) is 1. The topological polar surface area (TPSA) is 131 Å². The number of carbonyl (C=O) groups excluding carboxylic acids is 3. The van der Waals surface area contributed by atoms with Gasteiger partial charge in [-0.05, 0) is 60.6 Å². The number of hydrogen-bond acceptors (Lipinski definition) is 8. The van der Waals surface area contributed by atoms with Crippen LogP contribution in [0, 0.1) is 0 Å². The first-order valence-corrected chi connectivity index (χ1v) is 10.9. The highest BCUT2D eigenvalue weighted by Crippen LogP contribution is 2.35. The summed E-state index contributed by atoms with van der Waals surface area (Å²) in [6.07, 6.45) is 3.31. The Morgan fingerprint density at radius 3 is 2.58 bits per heavy atom. The Labute approximate surface area is 211 Å². The van der Waals surface area contributed by atoms with Crippen molar-refractivity contribution in [1.82, 2.24) is 5.32 Å². The van der Waals surface area contributed by atoms with E-state index in [1.807, 2.05) is 0 Å². The zero-order valence-corrected chi connectivity index (χ0v) is 20.2. The molecule has 1 aliphatic rings. The van der Waals surface area contributed by atoms with Gasteiger partial charge in [0.25, 0.3) is 11.8 Å². The van der Waals surface area contributed by atoms with Crippen molar-refractivity contribution < 1.29 is 38.5 Å². The van der Waals surface area contributed by atoms with Crippen LogP contribution in [0.2, 0.25) is 0 Å². The molecule has 1 aliphatic heterocycles. The number of anilines is 1. The Kier molecular flexibility index (Phi) is 8.18. The fourth-order valence-corrected chi connectivity index (χ4v) is 3.70. The minimum absolute atomic E-state index is 0.0492. The van der Waals surface area contributed by atoms with Gasteiger partial charge in [0.05, 0.1) is 25.5 Å². The number of allylic oxidation sites excluding steroid dienone is 1. The Hall–Kier alpha value is -4.51. The van der Waals surface area contributed by atoms with Gasteiger partial charge in [-0.1, -0.05) is 12.1 Å². The molecule has 2 aromatic rings. The zero-order chi connectivity index (χ0) is 26.4. The van der Waals surface area contributed by atoms with Crippen molar-refractivity contribution in [2.45, 2.75) is 6.42 Å². The Morgan fingerprint density at radius 1 is 1.19 bits per heavy atom. The van der Waals surface area contributed by atoms with Crippen LogP contribution in [0.4, 0.5) is 5.69 Å². The van der Waals surface area contributed by atoms with Gasteiger partial charge in [0.15, 0.2) is 23.2 Å². The third-order valence-corrected chi connectivity index (χ3v) is 5.35. The second kappa shape index (κ2) is 11.3. The van der Waals surface area contributed by atoms with Crippen molar-refractivity contribution in [3.63, 3.8) is 0 Å². The molecule has 10 nitrogen and oxygen atoms in total. The SMILES string of the molecule is C=CCc1cc(C=C2C(=O)NC(=S)N(c3cccc(C(=O)O)c3)C2=O)cc(OC)c1OCC(=O)OC. The van der Waals surface area contributed by atoms with E-state index in [4.69, 9.17) is 21.7 Å². The standard InChI is InChI=1S/C25H22N2O8S/c1-4-6-15-9-14(11-19(33-2)21(15)35-13-20(28)34-3)10-18-22(29)26-25(36)27(23(18)30)17-8-5-7-16(12-17)24(31)32/h4-5,7-12H,1,6,13H2,2-3H3,(H,31,32)(H,26,29,36). The zero-order valence-electron chi connectivity index (χ0n) is 19.4. The molecule has 11 heteroatoms. The summed E-state index contributed by atoms with van der Waals surface area (Å²) >= 11 is 5.17. The van der Waals surface area contributed by atoms with E-state index in [2.05, 4.69) is 16.6 Å². The third kappa shape index (κ3) is 5.58. The van der Waals surface area contributed by atoms with E-state index in [1.54, 1.807) is 12.1 Å². The van der Waals surface area contributed by atoms with Crippen LogP contribution in [0.15, 0.2) is 54.6 Å². The van der Waals surface area contributed by atoms with Crippen molar-refractivity contribution in [2.75, 3.05) is 25.7 Å². The largest absolute Gasteiger partial charge is 0.493 e. The van der Waals surface area contributed by atoms with Crippen molar-refractivity contribution in [2.24, 2.45) is 0 Å². The van der Waals surface area contributed by atoms with Gasteiger partial charge in [-0.3, -0.25) is 19.8 Å². The number of carboxylic acids is 1. The van der Waals surface area contributed by atoms with Crippen LogP contribution in [0.1, 0.15) is 21.5 Å². The number of benzene rings is 2. The van der Waals surface area contributed by atoms with E-state index < -0.39 is 23.8 Å². The van der Waals surface area contributed by atoms with E-state index in [0.29, 0.717) is 17.5 Å². The number of carbonyl (C=O) groups is 4. The van der Waals surface area contributed by atoms with Gasteiger partial charge in [-0.2, -0.15) is 0 Å². The minimum Gasteiger partial charge on any atom is -0.493 e. The number of aromatic carboxylic acids is 1. The van der Waals surface area contributed by atoms with Gasteiger partial charge in [0, 0.05) is 5.56 Å². The van der Waals surface area contributed by atoms with Crippen LogP contribution in [0.25, 0.3) is 6.08 Å². The molecule has 2 aromatic carbocycles. The predicted octanol–water partition coefficient (Wildman–Crippen LogP) is 2.51. The fourth-order valence-electron chi connectivity index (χ4n) is 3.42. The highest BCUT2D eigenvalue weighted by molar-refractivity contribution is 7.80. The van der Waals surface area contributed by atoms with Gasteiger partial charge < -0.3 is 19.3 Å². The third-order valence-electron chi connectivity index (χ3n) is 5.06. The van der Waals surface area contributed by atoms with Gasteiger partial charge in [-0.25, -0.2) is 9.59 Å². The van der Waals surface area contributed by atoms with Crippen LogP contribution in [0.5, 0.6) is 11.5 Å². The number of methoxy groups -OCH3 is 2. The molecule has 0 unspecified atom stereocenters. The maximum atomic E-state index is 13.3. The molecule has 0 saturated carbocycles. The first-order chi connectivity index (χ1) is 17.2. The first kappa shape index (κ1) is 26.1. The maximum Gasteiger partial charge on any atom is 0.343 e. The minimum atomic E-state index is -1.18.